The molecule has 0 heterocycles. The van der Waals surface area contributed by atoms with E-state index in [1.165, 1.54) is 25.5 Å². The number of nitrogens with one attached hydrogen (secondary N) is 2. The molecule has 2 rings (SSSR count). The van der Waals surface area contributed by atoms with Gasteiger partial charge >= 0.3 is 0 Å². The minimum absolute atomic E-state index is 0.238. The van der Waals surface area contributed by atoms with Crippen LogP contribution in [0.15, 0.2) is 35.9 Å². The number of sulfonamides is 1. The summed E-state index contributed by atoms with van der Waals surface area (Å²) in [6.45, 7) is 2.18. The standard InChI is InChI=1S/C19H28N2O4S/c1-15(19(22)20-12-11-16-7-4-3-5-8-16)14-26(23,24)21-17-9-6-10-18(13-17)25-2/h6-7,9-10,13,15,21H,3-5,8,11-12,14H2,1-2H3,(H,20,22). The average molecular weight is 381 g/mol. The summed E-state index contributed by atoms with van der Waals surface area (Å²) >= 11 is 0. The molecule has 144 valence electrons. The van der Waals surface area contributed by atoms with E-state index in [0.717, 1.165) is 19.3 Å². The summed E-state index contributed by atoms with van der Waals surface area (Å²) in [6.07, 6.45) is 7.77. The van der Waals surface area contributed by atoms with Crippen molar-refractivity contribution in [3.05, 3.63) is 35.9 Å². The molecule has 6 nitrogen and oxygen atoms in total. The van der Waals surface area contributed by atoms with E-state index < -0.39 is 15.9 Å². The van der Waals surface area contributed by atoms with Crippen LogP contribution in [0.4, 0.5) is 5.69 Å². The van der Waals surface area contributed by atoms with Crippen molar-refractivity contribution in [2.75, 3.05) is 24.1 Å². The number of anilines is 1. The number of methoxy groups -OCH3 is 1. The first-order valence-corrected chi connectivity index (χ1v) is 10.6. The zero-order valence-corrected chi connectivity index (χ0v) is 16.3. The fraction of sp³-hybridized carbons (Fsp3) is 0.526. The van der Waals surface area contributed by atoms with Crippen LogP contribution in [0.2, 0.25) is 0 Å². The average Bonchev–Trinajstić information content (AvgIpc) is 2.61. The number of carbonyl (C=O) groups is 1. The number of allylic oxidation sites excluding steroid dienone is 1. The third-order valence-electron chi connectivity index (χ3n) is 4.39. The van der Waals surface area contributed by atoms with Crippen LogP contribution in [0, 0.1) is 5.92 Å². The van der Waals surface area contributed by atoms with Crippen LogP contribution < -0.4 is 14.8 Å². The minimum Gasteiger partial charge on any atom is -0.497 e. The third-order valence-corrected chi connectivity index (χ3v) is 5.88. The lowest BCUT2D eigenvalue weighted by molar-refractivity contribution is -0.123. The van der Waals surface area contributed by atoms with E-state index in [1.807, 2.05) is 0 Å². The predicted octanol–water partition coefficient (Wildman–Crippen LogP) is 3.08. The van der Waals surface area contributed by atoms with Crippen LogP contribution in [0.5, 0.6) is 5.75 Å². The van der Waals surface area contributed by atoms with Crippen LogP contribution in [0.3, 0.4) is 0 Å². The molecule has 1 unspecified atom stereocenters. The number of amides is 1. The number of ether oxygens (including phenoxy) is 1. The Kier molecular flexibility index (Phi) is 7.50. The van der Waals surface area contributed by atoms with E-state index in [0.29, 0.717) is 18.0 Å². The Morgan fingerprint density at radius 1 is 1.31 bits per heavy atom. The molecule has 0 saturated carbocycles. The molecule has 0 radical (unpaired) electrons. The van der Waals surface area contributed by atoms with Gasteiger partial charge in [0, 0.05) is 12.6 Å². The summed E-state index contributed by atoms with van der Waals surface area (Å²) in [5.74, 6) is -0.567. The van der Waals surface area contributed by atoms with Gasteiger partial charge in [0.25, 0.3) is 0 Å². The molecule has 0 aliphatic heterocycles. The minimum atomic E-state index is -3.63. The van der Waals surface area contributed by atoms with E-state index in [9.17, 15) is 13.2 Å². The van der Waals surface area contributed by atoms with Crippen molar-refractivity contribution >= 4 is 21.6 Å². The van der Waals surface area contributed by atoms with Gasteiger partial charge in [-0.05, 0) is 44.2 Å². The SMILES string of the molecule is COc1cccc(NS(=O)(=O)CC(C)C(=O)NCCC2=CCCCC2)c1. The Morgan fingerprint density at radius 3 is 2.81 bits per heavy atom. The number of rotatable bonds is 9. The van der Waals surface area contributed by atoms with E-state index in [-0.39, 0.29) is 11.7 Å². The molecule has 1 aromatic carbocycles. The first-order chi connectivity index (χ1) is 12.4. The highest BCUT2D eigenvalue weighted by Crippen LogP contribution is 2.20. The van der Waals surface area contributed by atoms with E-state index in [2.05, 4.69) is 16.1 Å². The highest BCUT2D eigenvalue weighted by Gasteiger charge is 2.21. The third kappa shape index (κ3) is 6.71. The zero-order chi connectivity index (χ0) is 19.0. The van der Waals surface area contributed by atoms with Gasteiger partial charge in [0.1, 0.15) is 5.75 Å². The van der Waals surface area contributed by atoms with Gasteiger partial charge in [-0.25, -0.2) is 8.42 Å². The zero-order valence-electron chi connectivity index (χ0n) is 15.5. The topological polar surface area (TPSA) is 84.5 Å². The molecule has 0 fully saturated rings. The molecule has 0 bridgehead atoms. The second kappa shape index (κ2) is 9.62. The number of hydrogen-bond donors (Lipinski definition) is 2. The van der Waals surface area contributed by atoms with Crippen molar-refractivity contribution in [2.45, 2.75) is 39.0 Å². The summed E-state index contributed by atoms with van der Waals surface area (Å²) in [5.41, 5.74) is 1.80. The molecular weight excluding hydrogens is 352 g/mol. The molecule has 1 aromatic rings. The van der Waals surface area contributed by atoms with Crippen molar-refractivity contribution in [3.8, 4) is 5.75 Å². The fourth-order valence-corrected chi connectivity index (χ4v) is 4.34. The van der Waals surface area contributed by atoms with Gasteiger partial charge in [-0.1, -0.05) is 24.6 Å². The van der Waals surface area contributed by atoms with Gasteiger partial charge in [-0.2, -0.15) is 0 Å². The smallest absolute Gasteiger partial charge is 0.233 e. The van der Waals surface area contributed by atoms with Crippen molar-refractivity contribution in [1.82, 2.24) is 5.32 Å². The number of benzene rings is 1. The van der Waals surface area contributed by atoms with Crippen LogP contribution in [0.25, 0.3) is 0 Å². The van der Waals surface area contributed by atoms with Gasteiger partial charge < -0.3 is 10.1 Å². The first-order valence-electron chi connectivity index (χ1n) is 9.00. The molecule has 1 atom stereocenters. The maximum atomic E-state index is 12.3. The van der Waals surface area contributed by atoms with Gasteiger partial charge in [0.15, 0.2) is 0 Å². The fourth-order valence-electron chi connectivity index (χ4n) is 2.96. The second-order valence-corrected chi connectivity index (χ2v) is 8.43. The normalized spacial score (nSPS) is 15.7. The Morgan fingerprint density at radius 2 is 2.12 bits per heavy atom. The molecule has 2 N–H and O–H groups in total. The van der Waals surface area contributed by atoms with Gasteiger partial charge in [-0.3, -0.25) is 9.52 Å². The Labute approximate surface area is 156 Å². The van der Waals surface area contributed by atoms with E-state index >= 15 is 0 Å². The lowest BCUT2D eigenvalue weighted by atomic mass is 9.97. The summed E-state index contributed by atoms with van der Waals surface area (Å²) in [5, 5.41) is 2.84. The number of carbonyl (C=O) groups excluding carboxylic acids is 1. The van der Waals surface area contributed by atoms with E-state index in [1.54, 1.807) is 31.2 Å². The van der Waals surface area contributed by atoms with Crippen LogP contribution in [-0.2, 0) is 14.8 Å². The molecule has 0 saturated heterocycles. The summed E-state index contributed by atoms with van der Waals surface area (Å²) < 4.78 is 32.2. The lowest BCUT2D eigenvalue weighted by Gasteiger charge is -2.16. The van der Waals surface area contributed by atoms with Crippen LogP contribution >= 0.6 is 0 Å². The molecule has 26 heavy (non-hydrogen) atoms. The highest BCUT2D eigenvalue weighted by molar-refractivity contribution is 7.92. The molecule has 1 aliphatic rings. The Bertz CT molecular complexity index is 744. The van der Waals surface area contributed by atoms with Crippen molar-refractivity contribution in [3.63, 3.8) is 0 Å². The summed E-state index contributed by atoms with van der Waals surface area (Å²) in [7, 11) is -2.11. The lowest BCUT2D eigenvalue weighted by Crippen LogP contribution is -2.35. The molecule has 0 spiro atoms. The second-order valence-electron chi connectivity index (χ2n) is 6.67. The van der Waals surface area contributed by atoms with Crippen molar-refractivity contribution in [1.29, 1.82) is 0 Å². The Balaban J connectivity index is 1.81. The van der Waals surface area contributed by atoms with E-state index in [4.69, 9.17) is 4.74 Å². The molecule has 1 aliphatic carbocycles. The molecule has 7 heteroatoms. The summed E-state index contributed by atoms with van der Waals surface area (Å²) in [4.78, 5) is 12.2. The van der Waals surface area contributed by atoms with Crippen LogP contribution in [-0.4, -0.2) is 33.7 Å². The number of hydrogen-bond acceptors (Lipinski definition) is 4. The van der Waals surface area contributed by atoms with Gasteiger partial charge in [0.2, 0.25) is 15.9 Å². The molecule has 1 amide bonds. The largest absolute Gasteiger partial charge is 0.497 e. The maximum Gasteiger partial charge on any atom is 0.233 e. The first kappa shape index (κ1) is 20.3. The molecule has 0 aromatic heterocycles. The predicted molar refractivity (Wildman–Crippen MR) is 104 cm³/mol. The Hall–Kier alpha value is -2.02. The summed E-state index contributed by atoms with van der Waals surface area (Å²) in [6, 6.07) is 6.67. The quantitative estimate of drug-likeness (QED) is 0.645. The van der Waals surface area contributed by atoms with Crippen molar-refractivity contribution < 1.29 is 17.9 Å². The monoisotopic (exact) mass is 380 g/mol. The molecular formula is C19H28N2O4S. The van der Waals surface area contributed by atoms with Gasteiger partial charge in [-0.15, -0.1) is 0 Å². The highest BCUT2D eigenvalue weighted by atomic mass is 32.2. The van der Waals surface area contributed by atoms with Crippen LogP contribution in [0.1, 0.15) is 39.0 Å². The maximum absolute atomic E-state index is 12.3. The van der Waals surface area contributed by atoms with Crippen molar-refractivity contribution in [2.24, 2.45) is 5.92 Å². The van der Waals surface area contributed by atoms with Gasteiger partial charge in [0.05, 0.1) is 24.5 Å².